The highest BCUT2D eigenvalue weighted by molar-refractivity contribution is 6.25. The standard InChI is InChI=1S/C51H33N3/c1-3-14-34(15-4-1)35-26-28-37(29-27-35)49-52-50(54-51(53-49)47-25-12-7-20-41(47)36-16-5-2-6-17-36)40-19-13-18-38(32-40)39-30-31-46-44-23-9-8-21-42(44)43-22-10-11-24-45(43)48(46)33-39/h1-33H/i8D,9D,10D,11D,13D,18D,19D,21D,22D,23D,24D,30D,31D,32D,33D. The molecule has 3 heteroatoms. The number of aromatic nitrogens is 3. The van der Waals surface area contributed by atoms with Gasteiger partial charge < -0.3 is 0 Å². The van der Waals surface area contributed by atoms with E-state index >= 15 is 0 Å². The summed E-state index contributed by atoms with van der Waals surface area (Å²) in [5, 5.41) is -2.20. The third-order valence-corrected chi connectivity index (χ3v) is 9.17. The van der Waals surface area contributed by atoms with Crippen molar-refractivity contribution in [3.63, 3.8) is 0 Å². The lowest BCUT2D eigenvalue weighted by Gasteiger charge is -2.13. The van der Waals surface area contributed by atoms with Crippen LogP contribution in [-0.4, -0.2) is 15.0 Å². The molecule has 0 bridgehead atoms. The van der Waals surface area contributed by atoms with E-state index in [1.165, 1.54) is 0 Å². The Morgan fingerprint density at radius 1 is 0.278 bits per heavy atom. The highest BCUT2D eigenvalue weighted by atomic mass is 15.0. The van der Waals surface area contributed by atoms with Crippen molar-refractivity contribution in [2.45, 2.75) is 0 Å². The van der Waals surface area contributed by atoms with Crippen molar-refractivity contribution in [1.29, 1.82) is 0 Å². The molecule has 54 heavy (non-hydrogen) atoms. The van der Waals surface area contributed by atoms with E-state index in [1.807, 2.05) is 109 Å². The Labute approximate surface area is 335 Å². The van der Waals surface area contributed by atoms with Crippen LogP contribution in [0, 0.1) is 0 Å². The number of nitrogens with zero attached hydrogens (tertiary/aromatic N) is 3. The predicted molar refractivity (Wildman–Crippen MR) is 225 cm³/mol. The molecule has 1 heterocycles. The quantitative estimate of drug-likeness (QED) is 0.162. The maximum Gasteiger partial charge on any atom is 0.164 e. The minimum absolute atomic E-state index is 0.137. The van der Waals surface area contributed by atoms with Crippen molar-refractivity contribution in [3.05, 3.63) is 200 Å². The van der Waals surface area contributed by atoms with Gasteiger partial charge in [-0.15, -0.1) is 0 Å². The van der Waals surface area contributed by atoms with Crippen LogP contribution in [0.1, 0.15) is 20.6 Å². The fraction of sp³-hybridized carbons (Fsp3) is 0. The Bertz CT molecular complexity index is 3790. The highest BCUT2D eigenvalue weighted by Crippen LogP contribution is 2.38. The van der Waals surface area contributed by atoms with Crippen LogP contribution in [0.2, 0.25) is 0 Å². The summed E-state index contributed by atoms with van der Waals surface area (Å²) in [7, 11) is 0. The Kier molecular flexibility index (Phi) is 4.85. The molecule has 0 aliphatic carbocycles. The largest absolute Gasteiger partial charge is 0.208 e. The van der Waals surface area contributed by atoms with Crippen LogP contribution in [0.3, 0.4) is 0 Å². The zero-order valence-electron chi connectivity index (χ0n) is 43.2. The first kappa shape index (κ1) is 19.6. The minimum Gasteiger partial charge on any atom is -0.208 e. The van der Waals surface area contributed by atoms with Crippen molar-refractivity contribution in [1.82, 2.24) is 15.0 Å². The van der Waals surface area contributed by atoms with Crippen LogP contribution in [0.5, 0.6) is 0 Å². The van der Waals surface area contributed by atoms with E-state index in [0.29, 0.717) is 11.1 Å². The lowest BCUT2D eigenvalue weighted by atomic mass is 9.92. The topological polar surface area (TPSA) is 38.7 Å². The third-order valence-electron chi connectivity index (χ3n) is 9.17. The van der Waals surface area contributed by atoms with Gasteiger partial charge in [-0.25, -0.2) is 15.0 Å². The summed E-state index contributed by atoms with van der Waals surface area (Å²) in [4.78, 5) is 14.6. The van der Waals surface area contributed by atoms with E-state index in [0.717, 1.165) is 22.3 Å². The van der Waals surface area contributed by atoms with E-state index in [-0.39, 0.29) is 50.0 Å². The number of rotatable bonds is 6. The molecule has 0 atom stereocenters. The Hall–Kier alpha value is -7.23. The van der Waals surface area contributed by atoms with Crippen molar-refractivity contribution >= 4 is 32.3 Å². The molecule has 252 valence electrons. The van der Waals surface area contributed by atoms with Gasteiger partial charge in [0.05, 0.1) is 20.6 Å². The Morgan fingerprint density at radius 2 is 0.741 bits per heavy atom. The van der Waals surface area contributed by atoms with Crippen molar-refractivity contribution < 1.29 is 20.6 Å². The number of hydrogen-bond donors (Lipinski definition) is 0. The zero-order valence-corrected chi connectivity index (χ0v) is 28.2. The van der Waals surface area contributed by atoms with Gasteiger partial charge in [0, 0.05) is 16.7 Å². The molecule has 0 radical (unpaired) electrons. The second kappa shape index (κ2) is 13.4. The second-order valence-corrected chi connectivity index (χ2v) is 12.4. The predicted octanol–water partition coefficient (Wildman–Crippen LogP) is 13.3. The van der Waals surface area contributed by atoms with Crippen LogP contribution >= 0.6 is 0 Å². The SMILES string of the molecule is [2H]c1c([2H])c(-c2nc(-c3ccc(-c4ccccc4)cc3)nc(-c3ccccc3-c3ccccc3)n2)c([2H])c(-c2c([2H])c([2H])c3c4c([2H])c([2H])c([2H])c([2H])c4c4c([2H])c([2H])c([2H])c([2H])c4c3c2[2H])c1[2H]. The molecule has 0 spiro atoms. The highest BCUT2D eigenvalue weighted by Gasteiger charge is 2.17. The first-order chi connectivity index (χ1) is 33.0. The first-order valence-corrected chi connectivity index (χ1v) is 17.1. The maximum absolute atomic E-state index is 9.79. The summed E-state index contributed by atoms with van der Waals surface area (Å²) in [5.41, 5.74) is 3.11. The summed E-state index contributed by atoms with van der Waals surface area (Å²) < 4.78 is 136. The Morgan fingerprint density at radius 3 is 1.41 bits per heavy atom. The van der Waals surface area contributed by atoms with Crippen LogP contribution in [0.25, 0.3) is 99.9 Å². The fourth-order valence-corrected chi connectivity index (χ4v) is 6.59. The van der Waals surface area contributed by atoms with Gasteiger partial charge in [0.15, 0.2) is 17.5 Å². The van der Waals surface area contributed by atoms with Crippen LogP contribution in [0.4, 0.5) is 0 Å². The Balaban J connectivity index is 1.30. The summed E-state index contributed by atoms with van der Waals surface area (Å²) >= 11 is 0. The molecule has 0 saturated heterocycles. The smallest absolute Gasteiger partial charge is 0.164 e. The van der Waals surface area contributed by atoms with E-state index < -0.39 is 107 Å². The molecule has 0 saturated carbocycles. The zero-order chi connectivity index (χ0) is 48.9. The molecule has 0 N–H and O–H groups in total. The number of benzene rings is 9. The van der Waals surface area contributed by atoms with Crippen LogP contribution in [0.15, 0.2) is 200 Å². The van der Waals surface area contributed by atoms with E-state index in [4.69, 9.17) is 27.3 Å². The van der Waals surface area contributed by atoms with Crippen LogP contribution in [-0.2, 0) is 0 Å². The molecule has 3 nitrogen and oxygen atoms in total. The third kappa shape index (κ3) is 5.69. The number of hydrogen-bond acceptors (Lipinski definition) is 3. The van der Waals surface area contributed by atoms with Gasteiger partial charge in [-0.1, -0.05) is 188 Å². The van der Waals surface area contributed by atoms with Crippen LogP contribution < -0.4 is 0 Å². The first-order valence-electron chi connectivity index (χ1n) is 24.6. The van der Waals surface area contributed by atoms with Crippen molar-refractivity contribution in [2.75, 3.05) is 0 Å². The fourth-order valence-electron chi connectivity index (χ4n) is 6.59. The van der Waals surface area contributed by atoms with Crippen molar-refractivity contribution in [3.8, 4) is 67.5 Å². The van der Waals surface area contributed by atoms with Gasteiger partial charge in [0.25, 0.3) is 0 Å². The molecular formula is C51H33N3. The second-order valence-electron chi connectivity index (χ2n) is 12.4. The molecule has 0 amide bonds. The van der Waals surface area contributed by atoms with Gasteiger partial charge in [-0.3, -0.25) is 0 Å². The average molecular weight is 703 g/mol. The molecule has 0 aliphatic rings. The van der Waals surface area contributed by atoms with E-state index in [2.05, 4.69) is 0 Å². The monoisotopic (exact) mass is 702 g/mol. The summed E-state index contributed by atoms with van der Waals surface area (Å²) in [5.74, 6) is 0.0288. The molecule has 0 aliphatic heterocycles. The molecule has 10 aromatic rings. The lowest BCUT2D eigenvalue weighted by molar-refractivity contribution is 1.07. The molecule has 1 aromatic heterocycles. The molecule has 0 unspecified atom stereocenters. The summed E-state index contributed by atoms with van der Waals surface area (Å²) in [6.07, 6.45) is 0. The number of fused-ring (bicyclic) bond motifs is 6. The van der Waals surface area contributed by atoms with Gasteiger partial charge in [-0.05, 0) is 77.8 Å². The van der Waals surface area contributed by atoms with Gasteiger partial charge in [0.1, 0.15) is 0 Å². The van der Waals surface area contributed by atoms with E-state index in [9.17, 15) is 8.22 Å². The average Bonchev–Trinajstić information content (AvgIpc) is 3.37. The normalized spacial score (nSPS) is 15.2. The molecule has 0 fully saturated rings. The molecular weight excluding hydrogens is 655 g/mol. The van der Waals surface area contributed by atoms with Gasteiger partial charge >= 0.3 is 0 Å². The van der Waals surface area contributed by atoms with Gasteiger partial charge in [-0.2, -0.15) is 0 Å². The molecule has 9 aromatic carbocycles. The minimum atomic E-state index is -0.779. The van der Waals surface area contributed by atoms with Crippen molar-refractivity contribution in [2.24, 2.45) is 0 Å². The summed E-state index contributed by atoms with van der Waals surface area (Å²) in [6, 6.07) is 23.4. The lowest BCUT2D eigenvalue weighted by Crippen LogP contribution is -2.01. The maximum atomic E-state index is 9.79. The summed E-state index contributed by atoms with van der Waals surface area (Å²) in [6.45, 7) is 0. The van der Waals surface area contributed by atoms with Gasteiger partial charge in [0.2, 0.25) is 0 Å². The van der Waals surface area contributed by atoms with E-state index in [1.54, 1.807) is 0 Å². The molecule has 10 rings (SSSR count).